The van der Waals surface area contributed by atoms with Crippen LogP contribution in [0.2, 0.25) is 0 Å². The standard InChI is InChI=1S/C18H21NO2/c1-20-18-10-9-16(13-17(18)19-11-5-6-12-19)21-14-15-7-3-2-4-8-15/h2-4,7-10,13H,5-6,11-12,14H2,1H3. The summed E-state index contributed by atoms with van der Waals surface area (Å²) in [4.78, 5) is 2.37. The molecule has 110 valence electrons. The van der Waals surface area contributed by atoms with E-state index >= 15 is 0 Å². The smallest absolute Gasteiger partial charge is 0.142 e. The van der Waals surface area contributed by atoms with E-state index < -0.39 is 0 Å². The second-order valence-electron chi connectivity index (χ2n) is 5.30. The minimum Gasteiger partial charge on any atom is -0.495 e. The quantitative estimate of drug-likeness (QED) is 0.831. The average Bonchev–Trinajstić information content (AvgIpc) is 3.08. The van der Waals surface area contributed by atoms with Crippen molar-refractivity contribution in [3.8, 4) is 11.5 Å². The average molecular weight is 283 g/mol. The molecule has 2 aromatic rings. The Hall–Kier alpha value is -2.16. The zero-order chi connectivity index (χ0) is 14.5. The lowest BCUT2D eigenvalue weighted by Gasteiger charge is -2.21. The molecule has 0 radical (unpaired) electrons. The molecule has 0 spiro atoms. The first-order valence-corrected chi connectivity index (χ1v) is 7.46. The van der Waals surface area contributed by atoms with Crippen LogP contribution in [0.15, 0.2) is 48.5 Å². The van der Waals surface area contributed by atoms with Gasteiger partial charge < -0.3 is 14.4 Å². The Morgan fingerprint density at radius 3 is 2.48 bits per heavy atom. The van der Waals surface area contributed by atoms with E-state index in [1.54, 1.807) is 7.11 Å². The minimum atomic E-state index is 0.590. The lowest BCUT2D eigenvalue weighted by Crippen LogP contribution is -2.18. The lowest BCUT2D eigenvalue weighted by molar-refractivity contribution is 0.305. The lowest BCUT2D eigenvalue weighted by atomic mass is 10.2. The van der Waals surface area contributed by atoms with Gasteiger partial charge in [-0.3, -0.25) is 0 Å². The van der Waals surface area contributed by atoms with Crippen molar-refractivity contribution in [1.82, 2.24) is 0 Å². The Kier molecular flexibility index (Phi) is 4.29. The molecule has 0 amide bonds. The van der Waals surface area contributed by atoms with Crippen molar-refractivity contribution >= 4 is 5.69 Å². The highest BCUT2D eigenvalue weighted by Crippen LogP contribution is 2.34. The summed E-state index contributed by atoms with van der Waals surface area (Å²) in [6.07, 6.45) is 2.50. The van der Waals surface area contributed by atoms with Gasteiger partial charge in [-0.25, -0.2) is 0 Å². The molecule has 0 saturated carbocycles. The molecule has 1 fully saturated rings. The summed E-state index contributed by atoms with van der Waals surface area (Å²) < 4.78 is 11.4. The SMILES string of the molecule is COc1ccc(OCc2ccccc2)cc1N1CCCC1. The van der Waals surface area contributed by atoms with Gasteiger partial charge >= 0.3 is 0 Å². The molecule has 0 N–H and O–H groups in total. The van der Waals surface area contributed by atoms with Crippen molar-refractivity contribution < 1.29 is 9.47 Å². The van der Waals surface area contributed by atoms with Gasteiger partial charge in [-0.1, -0.05) is 30.3 Å². The second-order valence-corrected chi connectivity index (χ2v) is 5.30. The number of hydrogen-bond donors (Lipinski definition) is 0. The Morgan fingerprint density at radius 1 is 1.00 bits per heavy atom. The maximum absolute atomic E-state index is 5.91. The Morgan fingerprint density at radius 2 is 1.76 bits per heavy atom. The molecular formula is C18H21NO2. The van der Waals surface area contributed by atoms with Gasteiger partial charge in [0, 0.05) is 19.2 Å². The van der Waals surface area contributed by atoms with Crippen molar-refractivity contribution in [3.63, 3.8) is 0 Å². The number of ether oxygens (including phenoxy) is 2. The highest BCUT2D eigenvalue weighted by atomic mass is 16.5. The third kappa shape index (κ3) is 3.30. The first-order chi connectivity index (χ1) is 10.4. The summed E-state index contributed by atoms with van der Waals surface area (Å²) in [6.45, 7) is 2.78. The zero-order valence-electron chi connectivity index (χ0n) is 12.4. The molecule has 0 unspecified atom stereocenters. The van der Waals surface area contributed by atoms with Crippen LogP contribution in [0.4, 0.5) is 5.69 Å². The second kappa shape index (κ2) is 6.53. The van der Waals surface area contributed by atoms with Crippen LogP contribution in [0.3, 0.4) is 0 Å². The topological polar surface area (TPSA) is 21.7 Å². The zero-order valence-corrected chi connectivity index (χ0v) is 12.4. The molecule has 0 bridgehead atoms. The van der Waals surface area contributed by atoms with Crippen molar-refractivity contribution in [2.45, 2.75) is 19.4 Å². The van der Waals surface area contributed by atoms with E-state index in [9.17, 15) is 0 Å². The van der Waals surface area contributed by atoms with E-state index in [1.165, 1.54) is 18.4 Å². The summed E-state index contributed by atoms with van der Waals surface area (Å²) in [7, 11) is 1.72. The number of benzene rings is 2. The maximum Gasteiger partial charge on any atom is 0.142 e. The summed E-state index contributed by atoms with van der Waals surface area (Å²) in [5.41, 5.74) is 2.32. The summed E-state index contributed by atoms with van der Waals surface area (Å²) in [5.74, 6) is 1.81. The van der Waals surface area contributed by atoms with Crippen molar-refractivity contribution in [3.05, 3.63) is 54.1 Å². The fourth-order valence-electron chi connectivity index (χ4n) is 2.71. The highest BCUT2D eigenvalue weighted by Gasteiger charge is 2.17. The summed E-state index contributed by atoms with van der Waals surface area (Å²) in [5, 5.41) is 0. The van der Waals surface area contributed by atoms with Gasteiger partial charge in [0.1, 0.15) is 18.1 Å². The molecule has 1 heterocycles. The Balaban J connectivity index is 1.75. The monoisotopic (exact) mass is 283 g/mol. The predicted molar refractivity (Wildman–Crippen MR) is 85.2 cm³/mol. The molecule has 0 atom stereocenters. The number of anilines is 1. The Bertz CT molecular complexity index is 577. The number of nitrogens with zero attached hydrogens (tertiary/aromatic N) is 1. The van der Waals surface area contributed by atoms with Gasteiger partial charge in [-0.2, -0.15) is 0 Å². The van der Waals surface area contributed by atoms with E-state index in [0.717, 1.165) is 30.3 Å². The van der Waals surface area contributed by atoms with Crippen LogP contribution in [0, 0.1) is 0 Å². The van der Waals surface area contributed by atoms with Gasteiger partial charge in [-0.15, -0.1) is 0 Å². The molecule has 2 aromatic carbocycles. The van der Waals surface area contributed by atoms with E-state index in [1.807, 2.05) is 30.3 Å². The number of rotatable bonds is 5. The van der Waals surface area contributed by atoms with Gasteiger partial charge in [0.25, 0.3) is 0 Å². The van der Waals surface area contributed by atoms with Crippen LogP contribution in [0.5, 0.6) is 11.5 Å². The minimum absolute atomic E-state index is 0.590. The molecule has 0 aliphatic carbocycles. The maximum atomic E-state index is 5.91. The number of methoxy groups -OCH3 is 1. The van der Waals surface area contributed by atoms with E-state index in [2.05, 4.69) is 23.1 Å². The summed E-state index contributed by atoms with van der Waals surface area (Å²) in [6, 6.07) is 16.3. The predicted octanol–water partition coefficient (Wildman–Crippen LogP) is 3.87. The molecule has 21 heavy (non-hydrogen) atoms. The fraction of sp³-hybridized carbons (Fsp3) is 0.333. The van der Waals surface area contributed by atoms with Crippen LogP contribution in [-0.2, 0) is 6.61 Å². The van der Waals surface area contributed by atoms with Gasteiger partial charge in [0.15, 0.2) is 0 Å². The first kappa shape index (κ1) is 13.8. The number of hydrogen-bond acceptors (Lipinski definition) is 3. The Labute approximate surface area is 126 Å². The third-order valence-electron chi connectivity index (χ3n) is 3.85. The molecular weight excluding hydrogens is 262 g/mol. The van der Waals surface area contributed by atoms with Gasteiger partial charge in [0.05, 0.1) is 12.8 Å². The largest absolute Gasteiger partial charge is 0.495 e. The molecule has 3 nitrogen and oxygen atoms in total. The molecule has 1 aliphatic heterocycles. The van der Waals surface area contributed by atoms with Crippen molar-refractivity contribution in [2.75, 3.05) is 25.1 Å². The molecule has 1 aliphatic rings. The van der Waals surface area contributed by atoms with Crippen LogP contribution in [0.1, 0.15) is 18.4 Å². The first-order valence-electron chi connectivity index (χ1n) is 7.46. The van der Waals surface area contributed by atoms with Crippen molar-refractivity contribution in [1.29, 1.82) is 0 Å². The van der Waals surface area contributed by atoms with Crippen LogP contribution in [0.25, 0.3) is 0 Å². The summed E-state index contributed by atoms with van der Waals surface area (Å²) >= 11 is 0. The van der Waals surface area contributed by atoms with Crippen LogP contribution >= 0.6 is 0 Å². The molecule has 0 aromatic heterocycles. The molecule has 1 saturated heterocycles. The van der Waals surface area contributed by atoms with Gasteiger partial charge in [0.2, 0.25) is 0 Å². The van der Waals surface area contributed by atoms with Gasteiger partial charge in [-0.05, 0) is 30.5 Å². The third-order valence-corrected chi connectivity index (χ3v) is 3.85. The molecule has 3 rings (SSSR count). The van der Waals surface area contributed by atoms with E-state index in [-0.39, 0.29) is 0 Å². The fourth-order valence-corrected chi connectivity index (χ4v) is 2.71. The van der Waals surface area contributed by atoms with Crippen LogP contribution in [-0.4, -0.2) is 20.2 Å². The van der Waals surface area contributed by atoms with E-state index in [0.29, 0.717) is 6.61 Å². The van der Waals surface area contributed by atoms with Crippen LogP contribution < -0.4 is 14.4 Å². The highest BCUT2D eigenvalue weighted by molar-refractivity contribution is 5.62. The van der Waals surface area contributed by atoms with E-state index in [4.69, 9.17) is 9.47 Å². The normalized spacial score (nSPS) is 14.2. The molecule has 3 heteroatoms. The van der Waals surface area contributed by atoms with Crippen molar-refractivity contribution in [2.24, 2.45) is 0 Å².